The molecular formula is C16H11Cl2N3O6S. The first-order valence-corrected chi connectivity index (χ1v) is 8.47. The van der Waals surface area contributed by atoms with Crippen LogP contribution in [0.2, 0.25) is 10.0 Å². The van der Waals surface area contributed by atoms with E-state index in [2.05, 4.69) is 10.6 Å². The van der Waals surface area contributed by atoms with E-state index >= 15 is 0 Å². The second kappa shape index (κ2) is 8.83. The number of thiocarbonyl (C=S) groups is 1. The number of benzene rings is 2. The number of carboxylic acid groups (broad SMARTS) is 1. The fraction of sp³-hybridized carbons (Fsp3) is 0.0625. The third-order valence-electron chi connectivity index (χ3n) is 3.40. The number of hydrogen-bond acceptors (Lipinski definition) is 6. The third kappa shape index (κ3) is 4.85. The number of nitrogens with zero attached hydrogens (tertiary/aromatic N) is 1. The Morgan fingerprint density at radius 3 is 2.46 bits per heavy atom. The Kier molecular flexibility index (Phi) is 6.73. The van der Waals surface area contributed by atoms with E-state index in [-0.39, 0.29) is 43.4 Å². The van der Waals surface area contributed by atoms with Gasteiger partial charge in [0.2, 0.25) is 0 Å². The van der Waals surface area contributed by atoms with Crippen molar-refractivity contribution in [2.45, 2.75) is 0 Å². The zero-order valence-electron chi connectivity index (χ0n) is 14.0. The van der Waals surface area contributed by atoms with E-state index < -0.39 is 16.8 Å². The van der Waals surface area contributed by atoms with Crippen molar-refractivity contribution in [2.24, 2.45) is 0 Å². The number of hydrogen-bond donors (Lipinski definition) is 3. The number of nitro benzene ring substituents is 1. The quantitative estimate of drug-likeness (QED) is 0.361. The lowest BCUT2D eigenvalue weighted by Crippen LogP contribution is -2.34. The van der Waals surface area contributed by atoms with E-state index in [9.17, 15) is 19.7 Å². The summed E-state index contributed by atoms with van der Waals surface area (Å²) in [5.41, 5.74) is -0.533. The summed E-state index contributed by atoms with van der Waals surface area (Å²) >= 11 is 16.8. The highest BCUT2D eigenvalue weighted by molar-refractivity contribution is 7.80. The van der Waals surface area contributed by atoms with Gasteiger partial charge in [-0.25, -0.2) is 4.79 Å². The highest BCUT2D eigenvalue weighted by Gasteiger charge is 2.19. The maximum absolute atomic E-state index is 12.3. The van der Waals surface area contributed by atoms with Gasteiger partial charge in [0, 0.05) is 11.6 Å². The Labute approximate surface area is 173 Å². The summed E-state index contributed by atoms with van der Waals surface area (Å²) in [5.74, 6) is -2.01. The van der Waals surface area contributed by atoms with Crippen LogP contribution in [0.5, 0.6) is 5.75 Å². The SMILES string of the molecule is COc1ccc(C(=O)NC(=S)Nc2cc(C(=O)O)c(Cl)cc2Cl)cc1[N+](=O)[O-]. The van der Waals surface area contributed by atoms with Gasteiger partial charge in [-0.15, -0.1) is 0 Å². The van der Waals surface area contributed by atoms with Gasteiger partial charge < -0.3 is 15.2 Å². The second-order valence-corrected chi connectivity index (χ2v) is 6.39. The molecule has 0 saturated carbocycles. The van der Waals surface area contributed by atoms with Crippen LogP contribution in [0.3, 0.4) is 0 Å². The molecule has 2 rings (SSSR count). The molecule has 2 aromatic rings. The molecule has 0 heterocycles. The molecule has 0 fully saturated rings. The minimum Gasteiger partial charge on any atom is -0.490 e. The van der Waals surface area contributed by atoms with E-state index in [4.69, 9.17) is 45.3 Å². The first kappa shape index (κ1) is 21.4. The summed E-state index contributed by atoms with van der Waals surface area (Å²) in [6, 6.07) is 6.00. The minimum absolute atomic E-state index is 0.00334. The molecule has 0 unspecified atom stereocenters. The van der Waals surface area contributed by atoms with Gasteiger partial charge >= 0.3 is 11.7 Å². The molecule has 0 aromatic heterocycles. The number of halogens is 2. The molecule has 0 radical (unpaired) electrons. The number of amides is 1. The average Bonchev–Trinajstić information content (AvgIpc) is 2.62. The summed E-state index contributed by atoms with van der Waals surface area (Å²) in [6.45, 7) is 0. The number of carbonyl (C=O) groups excluding carboxylic acids is 1. The largest absolute Gasteiger partial charge is 0.490 e. The molecule has 0 aliphatic carbocycles. The van der Waals surface area contributed by atoms with Crippen LogP contribution in [0, 0.1) is 10.1 Å². The molecule has 1 amide bonds. The minimum atomic E-state index is -1.27. The number of carboxylic acids is 1. The summed E-state index contributed by atoms with van der Waals surface area (Å²) in [7, 11) is 1.27. The van der Waals surface area contributed by atoms with Gasteiger partial charge in [-0.3, -0.25) is 20.2 Å². The number of methoxy groups -OCH3 is 1. The normalized spacial score (nSPS) is 10.1. The van der Waals surface area contributed by atoms with Crippen LogP contribution < -0.4 is 15.4 Å². The van der Waals surface area contributed by atoms with Gasteiger partial charge in [0.25, 0.3) is 5.91 Å². The van der Waals surface area contributed by atoms with Crippen molar-refractivity contribution >= 4 is 63.8 Å². The summed E-state index contributed by atoms with van der Waals surface area (Å²) < 4.78 is 4.87. The number of carbonyl (C=O) groups is 2. The zero-order valence-corrected chi connectivity index (χ0v) is 16.3. The lowest BCUT2D eigenvalue weighted by Gasteiger charge is -2.12. The number of ether oxygens (including phenoxy) is 1. The summed E-state index contributed by atoms with van der Waals surface area (Å²) in [4.78, 5) is 33.8. The standard InChI is InChI=1S/C16H11Cl2N3O6S/c1-27-13-3-2-7(4-12(13)21(25)26)14(22)20-16(28)19-11-5-8(15(23)24)9(17)6-10(11)18/h2-6H,1H3,(H,23,24)(H2,19,20,22,28). The molecule has 0 bridgehead atoms. The van der Waals surface area contributed by atoms with Gasteiger partial charge in [-0.2, -0.15) is 0 Å². The zero-order chi connectivity index (χ0) is 21.0. The monoisotopic (exact) mass is 443 g/mol. The summed E-state index contributed by atoms with van der Waals surface area (Å²) in [5, 5.41) is 24.9. The smallest absolute Gasteiger partial charge is 0.337 e. The van der Waals surface area contributed by atoms with Crippen LogP contribution in [0.1, 0.15) is 20.7 Å². The Balaban J connectivity index is 2.19. The Bertz CT molecular complexity index is 999. The number of nitrogens with one attached hydrogen (secondary N) is 2. The number of rotatable bonds is 5. The van der Waals surface area contributed by atoms with Crippen LogP contribution in [0.15, 0.2) is 30.3 Å². The molecule has 28 heavy (non-hydrogen) atoms. The maximum Gasteiger partial charge on any atom is 0.337 e. The molecule has 0 saturated heterocycles. The van der Waals surface area contributed by atoms with Gasteiger partial charge in [0.05, 0.1) is 33.3 Å². The van der Waals surface area contributed by atoms with Crippen molar-refractivity contribution in [3.05, 3.63) is 61.6 Å². The fourth-order valence-corrected chi connectivity index (χ4v) is 2.83. The van der Waals surface area contributed by atoms with E-state index in [0.717, 1.165) is 12.1 Å². The lowest BCUT2D eigenvalue weighted by atomic mass is 10.1. The average molecular weight is 444 g/mol. The van der Waals surface area contributed by atoms with Crippen molar-refractivity contribution < 1.29 is 24.4 Å². The molecule has 2 aromatic carbocycles. The Morgan fingerprint density at radius 2 is 1.89 bits per heavy atom. The van der Waals surface area contributed by atoms with E-state index in [1.54, 1.807) is 0 Å². The van der Waals surface area contributed by atoms with Gasteiger partial charge in [0.1, 0.15) is 0 Å². The molecule has 0 aliphatic heterocycles. The van der Waals surface area contributed by atoms with Gasteiger partial charge in [-0.05, 0) is 36.5 Å². The van der Waals surface area contributed by atoms with Crippen molar-refractivity contribution in [1.82, 2.24) is 5.32 Å². The molecule has 9 nitrogen and oxygen atoms in total. The van der Waals surface area contributed by atoms with Crippen LogP contribution in [0.25, 0.3) is 0 Å². The van der Waals surface area contributed by atoms with Gasteiger partial charge in [0.15, 0.2) is 10.9 Å². The number of anilines is 1. The predicted octanol–water partition coefficient (Wildman–Crippen LogP) is 3.74. The Morgan fingerprint density at radius 1 is 1.21 bits per heavy atom. The maximum atomic E-state index is 12.3. The molecule has 0 aliphatic rings. The number of aromatic carboxylic acids is 1. The molecule has 0 spiro atoms. The molecule has 3 N–H and O–H groups in total. The highest BCUT2D eigenvalue weighted by Crippen LogP contribution is 2.30. The van der Waals surface area contributed by atoms with E-state index in [1.807, 2.05) is 0 Å². The molecule has 12 heteroatoms. The topological polar surface area (TPSA) is 131 Å². The second-order valence-electron chi connectivity index (χ2n) is 5.17. The summed E-state index contributed by atoms with van der Waals surface area (Å²) in [6.07, 6.45) is 0. The molecule has 0 atom stereocenters. The highest BCUT2D eigenvalue weighted by atomic mass is 35.5. The predicted molar refractivity (Wildman–Crippen MR) is 107 cm³/mol. The van der Waals surface area contributed by atoms with E-state index in [0.29, 0.717) is 0 Å². The van der Waals surface area contributed by atoms with Crippen molar-refractivity contribution in [3.63, 3.8) is 0 Å². The first-order valence-electron chi connectivity index (χ1n) is 7.31. The Hall–Kier alpha value is -2.95. The third-order valence-corrected chi connectivity index (χ3v) is 4.23. The lowest BCUT2D eigenvalue weighted by molar-refractivity contribution is -0.385. The van der Waals surface area contributed by atoms with Crippen LogP contribution in [0.4, 0.5) is 11.4 Å². The van der Waals surface area contributed by atoms with Crippen LogP contribution >= 0.6 is 35.4 Å². The van der Waals surface area contributed by atoms with Crippen molar-refractivity contribution in [2.75, 3.05) is 12.4 Å². The van der Waals surface area contributed by atoms with Crippen molar-refractivity contribution in [3.8, 4) is 5.75 Å². The van der Waals surface area contributed by atoms with Crippen molar-refractivity contribution in [1.29, 1.82) is 0 Å². The molecule has 146 valence electrons. The van der Waals surface area contributed by atoms with Crippen LogP contribution in [-0.2, 0) is 0 Å². The van der Waals surface area contributed by atoms with Crippen LogP contribution in [-0.4, -0.2) is 34.1 Å². The van der Waals surface area contributed by atoms with E-state index in [1.165, 1.54) is 25.3 Å². The van der Waals surface area contributed by atoms with Gasteiger partial charge in [-0.1, -0.05) is 23.2 Å². The fourth-order valence-electron chi connectivity index (χ4n) is 2.11. The molecular weight excluding hydrogens is 433 g/mol. The first-order chi connectivity index (χ1) is 13.1. The number of nitro groups is 1.